The molecule has 0 saturated heterocycles. The monoisotopic (exact) mass is 345 g/mol. The van der Waals surface area contributed by atoms with E-state index in [1.54, 1.807) is 37.7 Å². The number of hydrogen-bond acceptors (Lipinski definition) is 5. The molecular weight excluding hydrogens is 322 g/mol. The number of pyridine rings is 1. The van der Waals surface area contributed by atoms with Crippen LogP contribution in [-0.2, 0) is 0 Å². The van der Waals surface area contributed by atoms with Crippen LogP contribution in [0.5, 0.6) is 11.5 Å². The smallest absolute Gasteiger partial charge is 0.315 e. The molecule has 0 fully saturated rings. The number of ether oxygens (including phenoxy) is 2. The van der Waals surface area contributed by atoms with E-state index in [9.17, 15) is 9.90 Å². The van der Waals surface area contributed by atoms with Gasteiger partial charge >= 0.3 is 6.03 Å². The van der Waals surface area contributed by atoms with Gasteiger partial charge in [0.15, 0.2) is 0 Å². The molecule has 0 aliphatic rings. The van der Waals surface area contributed by atoms with Crippen molar-refractivity contribution in [1.29, 1.82) is 0 Å². The van der Waals surface area contributed by atoms with Crippen molar-refractivity contribution in [2.45, 2.75) is 19.1 Å². The van der Waals surface area contributed by atoms with E-state index in [1.165, 1.54) is 7.11 Å². The lowest BCUT2D eigenvalue weighted by molar-refractivity contribution is 0.168. The lowest BCUT2D eigenvalue weighted by atomic mass is 10.1. The molecule has 0 aliphatic carbocycles. The Labute approximate surface area is 147 Å². The molecule has 7 heteroatoms. The van der Waals surface area contributed by atoms with Crippen molar-refractivity contribution in [1.82, 2.24) is 15.6 Å². The maximum absolute atomic E-state index is 12.0. The number of aromatic nitrogens is 1. The molecule has 25 heavy (non-hydrogen) atoms. The van der Waals surface area contributed by atoms with E-state index in [0.717, 1.165) is 5.56 Å². The molecular formula is C18H23N3O4. The molecule has 1 aromatic carbocycles. The van der Waals surface area contributed by atoms with Gasteiger partial charge in [-0.1, -0.05) is 6.07 Å². The first-order chi connectivity index (χ1) is 12.0. The van der Waals surface area contributed by atoms with E-state index in [4.69, 9.17) is 9.47 Å². The van der Waals surface area contributed by atoms with Gasteiger partial charge in [0, 0.05) is 24.5 Å². The molecule has 134 valence electrons. The molecule has 2 rings (SSSR count). The minimum Gasteiger partial charge on any atom is -0.497 e. The number of carbonyl (C=O) groups is 1. The maximum atomic E-state index is 12.0. The third kappa shape index (κ3) is 5.09. The first-order valence-corrected chi connectivity index (χ1v) is 7.89. The van der Waals surface area contributed by atoms with Crippen LogP contribution in [0.25, 0.3) is 0 Å². The lowest BCUT2D eigenvalue weighted by Gasteiger charge is -2.18. The SMILES string of the molecule is COc1ccc(OC)c(C(O)CNC(=O)NC(C)c2cccnc2)c1. The van der Waals surface area contributed by atoms with E-state index in [0.29, 0.717) is 17.1 Å². The number of amides is 2. The minimum absolute atomic E-state index is 0.0368. The molecule has 0 radical (unpaired) electrons. The minimum atomic E-state index is -0.926. The van der Waals surface area contributed by atoms with Crippen molar-refractivity contribution in [3.8, 4) is 11.5 Å². The number of nitrogens with zero attached hydrogens (tertiary/aromatic N) is 1. The summed E-state index contributed by atoms with van der Waals surface area (Å²) in [5, 5.41) is 15.8. The van der Waals surface area contributed by atoms with Gasteiger partial charge in [0.05, 0.1) is 20.3 Å². The summed E-state index contributed by atoms with van der Waals surface area (Å²) >= 11 is 0. The van der Waals surface area contributed by atoms with Crippen LogP contribution in [-0.4, -0.2) is 36.9 Å². The maximum Gasteiger partial charge on any atom is 0.315 e. The fraction of sp³-hybridized carbons (Fsp3) is 0.333. The molecule has 7 nitrogen and oxygen atoms in total. The van der Waals surface area contributed by atoms with Crippen LogP contribution in [0, 0.1) is 0 Å². The Morgan fingerprint density at radius 2 is 2.08 bits per heavy atom. The van der Waals surface area contributed by atoms with Crippen LogP contribution >= 0.6 is 0 Å². The number of urea groups is 1. The van der Waals surface area contributed by atoms with E-state index >= 15 is 0 Å². The molecule has 1 heterocycles. The number of carbonyl (C=O) groups excluding carboxylic acids is 1. The Hall–Kier alpha value is -2.80. The third-order valence-corrected chi connectivity index (χ3v) is 3.78. The van der Waals surface area contributed by atoms with Gasteiger partial charge in [0.25, 0.3) is 0 Å². The van der Waals surface area contributed by atoms with E-state index in [-0.39, 0.29) is 18.6 Å². The fourth-order valence-electron chi connectivity index (χ4n) is 2.36. The number of nitrogens with one attached hydrogen (secondary N) is 2. The summed E-state index contributed by atoms with van der Waals surface area (Å²) in [5.41, 5.74) is 1.44. The summed E-state index contributed by atoms with van der Waals surface area (Å²) in [6.45, 7) is 1.90. The summed E-state index contributed by atoms with van der Waals surface area (Å²) < 4.78 is 10.4. The van der Waals surface area contributed by atoms with E-state index < -0.39 is 6.10 Å². The number of hydrogen-bond donors (Lipinski definition) is 3. The molecule has 0 bridgehead atoms. The third-order valence-electron chi connectivity index (χ3n) is 3.78. The van der Waals surface area contributed by atoms with Gasteiger partial charge in [0.2, 0.25) is 0 Å². The van der Waals surface area contributed by atoms with E-state index in [2.05, 4.69) is 15.6 Å². The van der Waals surface area contributed by atoms with Crippen molar-refractivity contribution in [2.24, 2.45) is 0 Å². The Kier molecular flexibility index (Phi) is 6.59. The van der Waals surface area contributed by atoms with Crippen LogP contribution in [0.4, 0.5) is 4.79 Å². The second kappa shape index (κ2) is 8.89. The molecule has 0 spiro atoms. The normalized spacial score (nSPS) is 12.8. The van der Waals surface area contributed by atoms with Gasteiger partial charge in [-0.25, -0.2) is 4.79 Å². The highest BCUT2D eigenvalue weighted by atomic mass is 16.5. The Morgan fingerprint density at radius 1 is 1.28 bits per heavy atom. The van der Waals surface area contributed by atoms with Crippen LogP contribution < -0.4 is 20.1 Å². The first-order valence-electron chi connectivity index (χ1n) is 7.89. The van der Waals surface area contributed by atoms with Crippen LogP contribution in [0.1, 0.15) is 30.2 Å². The number of benzene rings is 1. The molecule has 2 atom stereocenters. The average Bonchev–Trinajstić information content (AvgIpc) is 2.66. The first kappa shape index (κ1) is 18.5. The zero-order chi connectivity index (χ0) is 18.2. The fourth-order valence-corrected chi connectivity index (χ4v) is 2.36. The Morgan fingerprint density at radius 3 is 2.72 bits per heavy atom. The summed E-state index contributed by atoms with van der Waals surface area (Å²) in [6, 6.07) is 8.25. The average molecular weight is 345 g/mol. The Balaban J connectivity index is 1.93. The molecule has 3 N–H and O–H groups in total. The summed E-state index contributed by atoms with van der Waals surface area (Å²) in [7, 11) is 3.07. The van der Waals surface area contributed by atoms with E-state index in [1.807, 2.05) is 19.1 Å². The van der Waals surface area contributed by atoms with Gasteiger partial charge in [-0.05, 0) is 36.8 Å². The van der Waals surface area contributed by atoms with Crippen molar-refractivity contribution in [3.05, 3.63) is 53.9 Å². The molecule has 1 aromatic heterocycles. The van der Waals surface area contributed by atoms with Crippen molar-refractivity contribution in [2.75, 3.05) is 20.8 Å². The number of methoxy groups -OCH3 is 2. The van der Waals surface area contributed by atoms with Gasteiger partial charge in [0.1, 0.15) is 17.6 Å². The predicted octanol–water partition coefficient (Wildman–Crippen LogP) is 2.19. The van der Waals surface area contributed by atoms with Gasteiger partial charge in [-0.15, -0.1) is 0 Å². The second-order valence-electron chi connectivity index (χ2n) is 5.49. The summed E-state index contributed by atoms with van der Waals surface area (Å²) in [6.07, 6.45) is 2.44. The van der Waals surface area contributed by atoms with Crippen LogP contribution in [0.2, 0.25) is 0 Å². The van der Waals surface area contributed by atoms with Crippen molar-refractivity contribution < 1.29 is 19.4 Å². The predicted molar refractivity (Wildman–Crippen MR) is 93.7 cm³/mol. The van der Waals surface area contributed by atoms with Crippen molar-refractivity contribution in [3.63, 3.8) is 0 Å². The highest BCUT2D eigenvalue weighted by Gasteiger charge is 2.16. The topological polar surface area (TPSA) is 92.7 Å². The number of rotatable bonds is 7. The standard InChI is InChI=1S/C18H23N3O4/c1-12(13-5-4-8-19-10-13)21-18(23)20-11-16(22)15-9-14(24-2)6-7-17(15)25-3/h4-10,12,16,22H,11H2,1-3H3,(H2,20,21,23). The highest BCUT2D eigenvalue weighted by molar-refractivity contribution is 5.74. The molecule has 2 amide bonds. The van der Waals surface area contributed by atoms with Crippen LogP contribution in [0.3, 0.4) is 0 Å². The Bertz CT molecular complexity index is 694. The van der Waals surface area contributed by atoms with Gasteiger partial charge in [-0.2, -0.15) is 0 Å². The summed E-state index contributed by atoms with van der Waals surface area (Å²) in [4.78, 5) is 16.1. The van der Waals surface area contributed by atoms with Crippen molar-refractivity contribution >= 4 is 6.03 Å². The molecule has 0 saturated carbocycles. The molecule has 2 unspecified atom stereocenters. The molecule has 0 aliphatic heterocycles. The molecule has 2 aromatic rings. The quantitative estimate of drug-likeness (QED) is 0.715. The summed E-state index contributed by atoms with van der Waals surface area (Å²) in [5.74, 6) is 1.13. The zero-order valence-corrected chi connectivity index (χ0v) is 14.5. The van der Waals surface area contributed by atoms with Gasteiger partial charge in [-0.3, -0.25) is 4.98 Å². The second-order valence-corrected chi connectivity index (χ2v) is 5.49. The zero-order valence-electron chi connectivity index (χ0n) is 14.5. The number of aliphatic hydroxyl groups is 1. The number of aliphatic hydroxyl groups excluding tert-OH is 1. The van der Waals surface area contributed by atoms with Gasteiger partial charge < -0.3 is 25.2 Å². The lowest BCUT2D eigenvalue weighted by Crippen LogP contribution is -2.39. The highest BCUT2D eigenvalue weighted by Crippen LogP contribution is 2.29. The van der Waals surface area contributed by atoms with Crippen LogP contribution in [0.15, 0.2) is 42.7 Å². The largest absolute Gasteiger partial charge is 0.497 e.